The Kier molecular flexibility index (Phi) is 5.95. The van der Waals surface area contributed by atoms with E-state index in [1.165, 1.54) is 18.5 Å². The molecule has 9 heteroatoms. The van der Waals surface area contributed by atoms with Crippen LogP contribution in [-0.4, -0.2) is 41.8 Å². The molecule has 0 fully saturated rings. The van der Waals surface area contributed by atoms with Crippen molar-refractivity contribution in [1.29, 1.82) is 0 Å². The van der Waals surface area contributed by atoms with Gasteiger partial charge in [0, 0.05) is 47.9 Å². The van der Waals surface area contributed by atoms with E-state index in [0.717, 1.165) is 36.2 Å². The summed E-state index contributed by atoms with van der Waals surface area (Å²) in [4.78, 5) is 11.1. The van der Waals surface area contributed by atoms with Gasteiger partial charge in [0.2, 0.25) is 0 Å². The van der Waals surface area contributed by atoms with Crippen molar-refractivity contribution in [2.75, 3.05) is 6.54 Å². The average molecular weight is 469 g/mol. The van der Waals surface area contributed by atoms with Gasteiger partial charge in [-0.2, -0.15) is 5.10 Å². The van der Waals surface area contributed by atoms with Crippen molar-refractivity contribution in [3.05, 3.63) is 89.4 Å². The SMILES string of the molecule is C[C@H](C(Cn1cncn1)c1ccc(F)cc1F)N1CCn2cc(-c3cccc(Cl)c3)nc2C1. The first kappa shape index (κ1) is 21.7. The molecule has 1 aliphatic rings. The maximum atomic E-state index is 14.8. The van der Waals surface area contributed by atoms with Crippen LogP contribution in [0.2, 0.25) is 5.02 Å². The lowest BCUT2D eigenvalue weighted by Gasteiger charge is -2.37. The first-order valence-corrected chi connectivity index (χ1v) is 11.2. The van der Waals surface area contributed by atoms with Gasteiger partial charge >= 0.3 is 0 Å². The molecule has 4 aromatic rings. The first-order valence-electron chi connectivity index (χ1n) is 10.8. The van der Waals surface area contributed by atoms with E-state index in [1.807, 2.05) is 24.3 Å². The highest BCUT2D eigenvalue weighted by Gasteiger charge is 2.31. The van der Waals surface area contributed by atoms with Crippen molar-refractivity contribution in [3.8, 4) is 11.3 Å². The summed E-state index contributed by atoms with van der Waals surface area (Å²) in [7, 11) is 0. The normalized spacial score (nSPS) is 15.9. The fourth-order valence-corrected chi connectivity index (χ4v) is 4.69. The number of rotatable bonds is 6. The number of aromatic nitrogens is 5. The van der Waals surface area contributed by atoms with Crippen LogP contribution in [0.4, 0.5) is 8.78 Å². The van der Waals surface area contributed by atoms with Crippen molar-refractivity contribution in [2.45, 2.75) is 38.5 Å². The first-order chi connectivity index (χ1) is 16.0. The molecule has 0 radical (unpaired) electrons. The second kappa shape index (κ2) is 9.03. The lowest BCUT2D eigenvalue weighted by Crippen LogP contribution is -2.43. The topological polar surface area (TPSA) is 51.8 Å². The molecule has 0 N–H and O–H groups in total. The highest BCUT2D eigenvalue weighted by Crippen LogP contribution is 2.31. The van der Waals surface area contributed by atoms with Gasteiger partial charge in [-0.3, -0.25) is 9.58 Å². The molecular formula is C24H23ClF2N6. The fourth-order valence-electron chi connectivity index (χ4n) is 4.50. The van der Waals surface area contributed by atoms with E-state index >= 15 is 0 Å². The van der Waals surface area contributed by atoms with Gasteiger partial charge in [0.1, 0.15) is 30.1 Å². The highest BCUT2D eigenvalue weighted by molar-refractivity contribution is 6.30. The molecule has 2 aromatic carbocycles. The standard InChI is InChI=1S/C24H23ClF2N6/c1-16(21(11-33-15-28-14-29-33)20-6-5-19(26)10-22(20)27)31-7-8-32-12-23(30-24(32)13-31)17-3-2-4-18(25)9-17/h2-6,9-10,12,14-16,21H,7-8,11,13H2,1H3/t16-,21?/m1/s1. The maximum Gasteiger partial charge on any atom is 0.137 e. The van der Waals surface area contributed by atoms with Crippen molar-refractivity contribution in [1.82, 2.24) is 29.2 Å². The van der Waals surface area contributed by atoms with E-state index in [9.17, 15) is 8.78 Å². The Hall–Kier alpha value is -3.10. The average Bonchev–Trinajstić information content (AvgIpc) is 3.47. The molecule has 33 heavy (non-hydrogen) atoms. The van der Waals surface area contributed by atoms with Crippen LogP contribution < -0.4 is 0 Å². The third kappa shape index (κ3) is 4.54. The molecule has 0 spiro atoms. The summed E-state index contributed by atoms with van der Waals surface area (Å²) < 4.78 is 32.2. The van der Waals surface area contributed by atoms with E-state index in [1.54, 1.807) is 11.0 Å². The monoisotopic (exact) mass is 468 g/mol. The predicted octanol–water partition coefficient (Wildman–Crippen LogP) is 4.76. The molecule has 0 saturated carbocycles. The molecule has 1 unspecified atom stereocenters. The van der Waals surface area contributed by atoms with Crippen molar-refractivity contribution >= 4 is 11.6 Å². The summed E-state index contributed by atoms with van der Waals surface area (Å²) >= 11 is 6.15. The number of fused-ring (bicyclic) bond motifs is 1. The van der Waals surface area contributed by atoms with E-state index in [-0.39, 0.29) is 12.0 Å². The molecule has 0 saturated heterocycles. The van der Waals surface area contributed by atoms with E-state index in [2.05, 4.69) is 32.7 Å². The van der Waals surface area contributed by atoms with Gasteiger partial charge in [-0.1, -0.05) is 29.8 Å². The van der Waals surface area contributed by atoms with Gasteiger partial charge < -0.3 is 4.57 Å². The van der Waals surface area contributed by atoms with E-state index in [0.29, 0.717) is 23.7 Å². The summed E-state index contributed by atoms with van der Waals surface area (Å²) in [5, 5.41) is 4.87. The minimum Gasteiger partial charge on any atom is -0.332 e. The van der Waals surface area contributed by atoms with Gasteiger partial charge in [-0.25, -0.2) is 18.7 Å². The van der Waals surface area contributed by atoms with Crippen LogP contribution in [0.5, 0.6) is 0 Å². The Morgan fingerprint density at radius 2 is 2.00 bits per heavy atom. The highest BCUT2D eigenvalue weighted by atomic mass is 35.5. The Labute approximate surface area is 195 Å². The zero-order chi connectivity index (χ0) is 22.9. The number of nitrogens with zero attached hydrogens (tertiary/aromatic N) is 6. The Morgan fingerprint density at radius 1 is 1.12 bits per heavy atom. The van der Waals surface area contributed by atoms with Crippen LogP contribution in [0.25, 0.3) is 11.3 Å². The zero-order valence-corrected chi connectivity index (χ0v) is 18.8. The minimum absolute atomic E-state index is 0.0470. The summed E-state index contributed by atoms with van der Waals surface area (Å²) in [6.45, 7) is 4.69. The van der Waals surface area contributed by atoms with Crippen molar-refractivity contribution in [3.63, 3.8) is 0 Å². The van der Waals surface area contributed by atoms with Crippen LogP contribution in [-0.2, 0) is 19.6 Å². The summed E-state index contributed by atoms with van der Waals surface area (Å²) in [5.41, 5.74) is 2.32. The Bertz CT molecular complexity index is 1260. The molecular weight excluding hydrogens is 446 g/mol. The molecule has 3 heterocycles. The lowest BCUT2D eigenvalue weighted by molar-refractivity contribution is 0.134. The van der Waals surface area contributed by atoms with Crippen LogP contribution in [0.1, 0.15) is 24.2 Å². The molecule has 0 bridgehead atoms. The summed E-state index contributed by atoms with van der Waals surface area (Å²) in [6.07, 6.45) is 5.12. The molecule has 6 nitrogen and oxygen atoms in total. The molecule has 2 atom stereocenters. The van der Waals surface area contributed by atoms with Crippen LogP contribution in [0, 0.1) is 11.6 Å². The Balaban J connectivity index is 1.41. The minimum atomic E-state index is -0.586. The summed E-state index contributed by atoms with van der Waals surface area (Å²) in [6, 6.07) is 11.4. The second-order valence-corrected chi connectivity index (χ2v) is 8.78. The van der Waals surface area contributed by atoms with Crippen LogP contribution in [0.15, 0.2) is 61.3 Å². The smallest absolute Gasteiger partial charge is 0.137 e. The third-order valence-corrected chi connectivity index (χ3v) is 6.56. The quantitative estimate of drug-likeness (QED) is 0.409. The fraction of sp³-hybridized carbons (Fsp3) is 0.292. The van der Waals surface area contributed by atoms with Crippen molar-refractivity contribution in [2.24, 2.45) is 0 Å². The molecule has 170 valence electrons. The van der Waals surface area contributed by atoms with Crippen molar-refractivity contribution < 1.29 is 8.78 Å². The largest absolute Gasteiger partial charge is 0.332 e. The third-order valence-electron chi connectivity index (χ3n) is 6.32. The van der Waals surface area contributed by atoms with Gasteiger partial charge in [-0.15, -0.1) is 0 Å². The van der Waals surface area contributed by atoms with Crippen LogP contribution in [0.3, 0.4) is 0 Å². The zero-order valence-electron chi connectivity index (χ0n) is 18.1. The summed E-state index contributed by atoms with van der Waals surface area (Å²) in [5.74, 6) is -0.436. The van der Waals surface area contributed by atoms with Gasteiger partial charge in [0.05, 0.1) is 18.8 Å². The molecule has 2 aromatic heterocycles. The second-order valence-electron chi connectivity index (χ2n) is 8.35. The lowest BCUT2D eigenvalue weighted by atomic mass is 9.90. The van der Waals surface area contributed by atoms with Gasteiger partial charge in [0.25, 0.3) is 0 Å². The number of hydrogen-bond acceptors (Lipinski definition) is 4. The number of hydrogen-bond donors (Lipinski definition) is 0. The molecule has 1 aliphatic heterocycles. The van der Waals surface area contributed by atoms with Crippen LogP contribution >= 0.6 is 11.6 Å². The van der Waals surface area contributed by atoms with E-state index < -0.39 is 11.6 Å². The Morgan fingerprint density at radius 3 is 2.76 bits per heavy atom. The number of benzene rings is 2. The molecule has 5 rings (SSSR count). The van der Waals surface area contributed by atoms with Gasteiger partial charge in [-0.05, 0) is 30.7 Å². The van der Waals surface area contributed by atoms with E-state index in [4.69, 9.17) is 16.6 Å². The molecule has 0 amide bonds. The number of imidazole rings is 1. The van der Waals surface area contributed by atoms with Gasteiger partial charge in [0.15, 0.2) is 0 Å². The number of halogens is 3. The predicted molar refractivity (Wildman–Crippen MR) is 122 cm³/mol. The molecule has 0 aliphatic carbocycles. The maximum absolute atomic E-state index is 14.8.